The van der Waals surface area contributed by atoms with E-state index in [4.69, 9.17) is 4.74 Å². The number of nitrogens with one attached hydrogen (secondary N) is 2. The van der Waals surface area contributed by atoms with Gasteiger partial charge in [-0.1, -0.05) is 36.4 Å². The van der Waals surface area contributed by atoms with E-state index in [1.54, 1.807) is 0 Å². The maximum atomic E-state index is 11.6. The Hall–Kier alpha value is -2.59. The van der Waals surface area contributed by atoms with E-state index in [2.05, 4.69) is 53.6 Å². The van der Waals surface area contributed by atoms with Crippen LogP contribution in [0.5, 0.6) is 0 Å². The number of aromatic nitrogens is 1. The number of benzene rings is 2. The second-order valence-corrected chi connectivity index (χ2v) is 6.07. The Morgan fingerprint density at radius 3 is 2.67 bits per heavy atom. The van der Waals surface area contributed by atoms with Crippen molar-refractivity contribution < 1.29 is 9.53 Å². The molecule has 24 heavy (non-hydrogen) atoms. The minimum absolute atomic E-state index is 0.342. The van der Waals surface area contributed by atoms with Crippen molar-refractivity contribution in [1.29, 1.82) is 0 Å². The SMILES string of the molecule is COC(=O)c1cc2cc(CC(C)NCc3ccccc3)ccc2[nH]1. The number of carbonyl (C=O) groups excluding carboxylic acids is 1. The maximum Gasteiger partial charge on any atom is 0.354 e. The smallest absolute Gasteiger partial charge is 0.354 e. The summed E-state index contributed by atoms with van der Waals surface area (Å²) in [6.07, 6.45) is 0.932. The molecule has 4 nitrogen and oxygen atoms in total. The Bertz CT molecular complexity index is 824. The molecule has 1 atom stereocenters. The molecular weight excluding hydrogens is 300 g/mol. The lowest BCUT2D eigenvalue weighted by atomic mass is 10.0. The summed E-state index contributed by atoms with van der Waals surface area (Å²) in [6.45, 7) is 3.05. The third-order valence-corrected chi connectivity index (χ3v) is 4.13. The zero-order chi connectivity index (χ0) is 16.9. The van der Waals surface area contributed by atoms with Gasteiger partial charge in [0.15, 0.2) is 0 Å². The van der Waals surface area contributed by atoms with Crippen molar-refractivity contribution in [1.82, 2.24) is 10.3 Å². The van der Waals surface area contributed by atoms with Gasteiger partial charge in [0.1, 0.15) is 5.69 Å². The average Bonchev–Trinajstić information content (AvgIpc) is 3.03. The number of methoxy groups -OCH3 is 1. The number of hydrogen-bond acceptors (Lipinski definition) is 3. The largest absolute Gasteiger partial charge is 0.464 e. The third kappa shape index (κ3) is 3.84. The summed E-state index contributed by atoms with van der Waals surface area (Å²) in [7, 11) is 1.39. The molecule has 3 aromatic rings. The predicted molar refractivity (Wildman–Crippen MR) is 96.1 cm³/mol. The van der Waals surface area contributed by atoms with E-state index in [9.17, 15) is 4.79 Å². The lowest BCUT2D eigenvalue weighted by molar-refractivity contribution is 0.0595. The van der Waals surface area contributed by atoms with Crippen LogP contribution in [0.25, 0.3) is 10.9 Å². The molecule has 0 radical (unpaired) electrons. The van der Waals surface area contributed by atoms with Gasteiger partial charge in [-0.3, -0.25) is 0 Å². The number of aromatic amines is 1. The Labute approximate surface area is 141 Å². The lowest BCUT2D eigenvalue weighted by Crippen LogP contribution is -2.27. The Kier molecular flexibility index (Phi) is 4.96. The number of esters is 1. The highest BCUT2D eigenvalue weighted by Gasteiger charge is 2.10. The molecule has 0 aliphatic carbocycles. The molecule has 0 spiro atoms. The first-order valence-electron chi connectivity index (χ1n) is 8.13. The number of hydrogen-bond donors (Lipinski definition) is 2. The van der Waals surface area contributed by atoms with Crippen molar-refractivity contribution in [2.75, 3.05) is 7.11 Å². The number of carbonyl (C=O) groups is 1. The standard InChI is InChI=1S/C20H22N2O2/c1-14(21-13-15-6-4-3-5-7-15)10-16-8-9-18-17(11-16)12-19(22-18)20(23)24-2/h3-9,11-12,14,21-22H,10,13H2,1-2H3. The quantitative estimate of drug-likeness (QED) is 0.681. The van der Waals surface area contributed by atoms with Crippen molar-refractivity contribution >= 4 is 16.9 Å². The van der Waals surface area contributed by atoms with Gasteiger partial charge in [-0.2, -0.15) is 0 Å². The predicted octanol–water partition coefficient (Wildman–Crippen LogP) is 3.68. The van der Waals surface area contributed by atoms with Crippen molar-refractivity contribution in [3.8, 4) is 0 Å². The fourth-order valence-corrected chi connectivity index (χ4v) is 2.84. The molecule has 0 aliphatic rings. The van der Waals surface area contributed by atoms with Crippen molar-refractivity contribution in [3.63, 3.8) is 0 Å². The van der Waals surface area contributed by atoms with E-state index in [1.165, 1.54) is 18.2 Å². The maximum absolute atomic E-state index is 11.6. The molecule has 3 rings (SSSR count). The van der Waals surface area contributed by atoms with Gasteiger partial charge in [0.2, 0.25) is 0 Å². The van der Waals surface area contributed by atoms with Gasteiger partial charge < -0.3 is 15.0 Å². The summed E-state index contributed by atoms with van der Waals surface area (Å²) < 4.78 is 4.75. The van der Waals surface area contributed by atoms with E-state index in [0.29, 0.717) is 11.7 Å². The van der Waals surface area contributed by atoms with Crippen LogP contribution in [-0.2, 0) is 17.7 Å². The number of fused-ring (bicyclic) bond motifs is 1. The van der Waals surface area contributed by atoms with E-state index in [1.807, 2.05) is 18.2 Å². The summed E-state index contributed by atoms with van der Waals surface area (Å²) in [5.74, 6) is -0.342. The van der Waals surface area contributed by atoms with Gasteiger partial charge in [0, 0.05) is 23.5 Å². The average molecular weight is 322 g/mol. The van der Waals surface area contributed by atoms with Crippen LogP contribution >= 0.6 is 0 Å². The highest BCUT2D eigenvalue weighted by molar-refractivity contribution is 5.94. The molecular formula is C20H22N2O2. The van der Waals surface area contributed by atoms with Crippen LogP contribution in [0, 0.1) is 0 Å². The molecule has 0 aliphatic heterocycles. The third-order valence-electron chi connectivity index (χ3n) is 4.13. The molecule has 4 heteroatoms. The van der Waals surface area contributed by atoms with Crippen LogP contribution in [0.1, 0.15) is 28.5 Å². The highest BCUT2D eigenvalue weighted by Crippen LogP contribution is 2.19. The van der Waals surface area contributed by atoms with Gasteiger partial charge in [-0.15, -0.1) is 0 Å². The van der Waals surface area contributed by atoms with Gasteiger partial charge >= 0.3 is 5.97 Å². The van der Waals surface area contributed by atoms with Crippen molar-refractivity contribution in [2.24, 2.45) is 0 Å². The van der Waals surface area contributed by atoms with Gasteiger partial charge in [-0.25, -0.2) is 4.79 Å². The zero-order valence-electron chi connectivity index (χ0n) is 14.0. The van der Waals surface area contributed by atoms with Gasteiger partial charge in [0.25, 0.3) is 0 Å². The summed E-state index contributed by atoms with van der Waals surface area (Å²) in [4.78, 5) is 14.7. The summed E-state index contributed by atoms with van der Waals surface area (Å²) in [5.41, 5.74) is 3.96. The minimum atomic E-state index is -0.342. The summed E-state index contributed by atoms with van der Waals surface area (Å²) in [6, 6.07) is 18.8. The fourth-order valence-electron chi connectivity index (χ4n) is 2.84. The van der Waals surface area contributed by atoms with E-state index in [0.717, 1.165) is 23.9 Å². The van der Waals surface area contributed by atoms with Gasteiger partial charge in [-0.05, 0) is 42.7 Å². The second kappa shape index (κ2) is 7.32. The summed E-state index contributed by atoms with van der Waals surface area (Å²) >= 11 is 0. The van der Waals surface area contributed by atoms with Crippen LogP contribution in [-0.4, -0.2) is 24.1 Å². The molecule has 0 amide bonds. The van der Waals surface area contributed by atoms with Crippen molar-refractivity contribution in [3.05, 3.63) is 71.4 Å². The number of H-pyrrole nitrogens is 1. The van der Waals surface area contributed by atoms with E-state index >= 15 is 0 Å². The zero-order valence-corrected chi connectivity index (χ0v) is 14.0. The molecule has 1 unspecified atom stereocenters. The normalized spacial score (nSPS) is 12.2. The molecule has 0 saturated heterocycles. The van der Waals surface area contributed by atoms with Gasteiger partial charge in [0.05, 0.1) is 7.11 Å². The van der Waals surface area contributed by atoms with E-state index in [-0.39, 0.29) is 5.97 Å². The van der Waals surface area contributed by atoms with Crippen LogP contribution in [0.3, 0.4) is 0 Å². The first kappa shape index (κ1) is 16.3. The molecule has 2 aromatic carbocycles. The molecule has 0 fully saturated rings. The molecule has 1 aromatic heterocycles. The number of rotatable bonds is 6. The summed E-state index contributed by atoms with van der Waals surface area (Å²) in [5, 5.41) is 4.58. The first-order chi connectivity index (χ1) is 11.7. The molecule has 0 bridgehead atoms. The van der Waals surface area contributed by atoms with Crippen LogP contribution in [0.2, 0.25) is 0 Å². The first-order valence-corrected chi connectivity index (χ1v) is 8.13. The Morgan fingerprint density at radius 2 is 1.92 bits per heavy atom. The number of ether oxygens (including phenoxy) is 1. The minimum Gasteiger partial charge on any atom is -0.464 e. The molecule has 124 valence electrons. The second-order valence-electron chi connectivity index (χ2n) is 6.07. The topological polar surface area (TPSA) is 54.1 Å². The molecule has 1 heterocycles. The lowest BCUT2D eigenvalue weighted by Gasteiger charge is -2.14. The van der Waals surface area contributed by atoms with Crippen molar-refractivity contribution in [2.45, 2.75) is 25.9 Å². The molecule has 0 saturated carbocycles. The van der Waals surface area contributed by atoms with E-state index < -0.39 is 0 Å². The Balaban J connectivity index is 1.65. The van der Waals surface area contributed by atoms with Crippen LogP contribution in [0.4, 0.5) is 0 Å². The monoisotopic (exact) mass is 322 g/mol. The van der Waals surface area contributed by atoms with Crippen LogP contribution in [0.15, 0.2) is 54.6 Å². The fraction of sp³-hybridized carbons (Fsp3) is 0.250. The Morgan fingerprint density at radius 1 is 1.12 bits per heavy atom. The highest BCUT2D eigenvalue weighted by atomic mass is 16.5. The van der Waals surface area contributed by atoms with Crippen LogP contribution < -0.4 is 5.32 Å². The molecule has 2 N–H and O–H groups in total.